The summed E-state index contributed by atoms with van der Waals surface area (Å²) >= 11 is 0. The van der Waals surface area contributed by atoms with Crippen molar-refractivity contribution < 1.29 is 24.1 Å². The van der Waals surface area contributed by atoms with Crippen molar-refractivity contribution in [2.75, 3.05) is 25.5 Å². The lowest BCUT2D eigenvalue weighted by Gasteiger charge is -2.42. The Hall–Kier alpha value is -5.25. The number of carbonyl (C=O) groups excluding carboxylic acids is 1. The van der Waals surface area contributed by atoms with E-state index in [4.69, 9.17) is 14.2 Å². The van der Waals surface area contributed by atoms with E-state index < -0.39 is 6.29 Å². The molecule has 8 nitrogen and oxygen atoms in total. The molecule has 0 bridgehead atoms. The lowest BCUT2D eigenvalue weighted by molar-refractivity contribution is -0.275. The van der Waals surface area contributed by atoms with Gasteiger partial charge >= 0.3 is 6.03 Å². The highest BCUT2D eigenvalue weighted by Crippen LogP contribution is 2.42. The van der Waals surface area contributed by atoms with E-state index in [-0.39, 0.29) is 30.8 Å². The fraction of sp³-hybridized carbons (Fsp3) is 0.233. The molecule has 5 aromatic rings. The van der Waals surface area contributed by atoms with Crippen LogP contribution in [0.15, 0.2) is 140 Å². The summed E-state index contributed by atoms with van der Waals surface area (Å²) < 4.78 is 19.2. The fourth-order valence-electron chi connectivity index (χ4n) is 6.24. The molecule has 1 fully saturated rings. The van der Waals surface area contributed by atoms with Crippen molar-refractivity contribution in [1.82, 2.24) is 10.2 Å². The van der Waals surface area contributed by atoms with Gasteiger partial charge in [0.05, 0.1) is 18.8 Å². The largest absolute Gasteiger partial charge is 0.457 e. The van der Waals surface area contributed by atoms with Crippen LogP contribution in [0.3, 0.4) is 0 Å². The summed E-state index contributed by atoms with van der Waals surface area (Å²) in [5.74, 6) is 1.53. The van der Waals surface area contributed by atoms with E-state index >= 15 is 0 Å². The highest BCUT2D eigenvalue weighted by atomic mass is 16.7. The lowest BCUT2D eigenvalue weighted by Crippen LogP contribution is -2.43. The highest BCUT2D eigenvalue weighted by Gasteiger charge is 2.38. The quantitative estimate of drug-likeness (QED) is 0.107. The minimum atomic E-state index is -0.571. The smallest absolute Gasteiger partial charge is 0.319 e. The van der Waals surface area contributed by atoms with Crippen molar-refractivity contribution in [3.8, 4) is 22.6 Å². The number of ether oxygens (including phenoxy) is 3. The number of hydrogen-bond donors (Lipinski definition) is 3. The topological polar surface area (TPSA) is 92.3 Å². The van der Waals surface area contributed by atoms with Gasteiger partial charge in [-0.2, -0.15) is 0 Å². The second-order valence-corrected chi connectivity index (χ2v) is 12.9. The van der Waals surface area contributed by atoms with Crippen molar-refractivity contribution in [3.63, 3.8) is 0 Å². The van der Waals surface area contributed by atoms with Crippen LogP contribution < -0.4 is 15.4 Å². The number of nitrogens with one attached hydrogen (secondary N) is 2. The number of benzene rings is 5. The maximum absolute atomic E-state index is 12.8. The van der Waals surface area contributed by atoms with Crippen molar-refractivity contribution in [1.29, 1.82) is 0 Å². The van der Waals surface area contributed by atoms with Crippen LogP contribution in [0, 0.1) is 5.92 Å². The van der Waals surface area contributed by atoms with Gasteiger partial charge in [0.15, 0.2) is 6.29 Å². The van der Waals surface area contributed by atoms with E-state index in [2.05, 4.69) is 60.3 Å². The third-order valence-corrected chi connectivity index (χ3v) is 9.02. The summed E-state index contributed by atoms with van der Waals surface area (Å²) in [7, 11) is 2.07. The zero-order valence-electron chi connectivity index (χ0n) is 29.1. The molecule has 0 radical (unpaired) electrons. The highest BCUT2D eigenvalue weighted by molar-refractivity contribution is 5.89. The van der Waals surface area contributed by atoms with E-state index in [0.717, 1.165) is 52.2 Å². The molecule has 1 aliphatic heterocycles. The zero-order valence-corrected chi connectivity index (χ0v) is 29.1. The Bertz CT molecular complexity index is 1880. The Balaban J connectivity index is 1.11. The number of aliphatic hydroxyl groups is 1. The summed E-state index contributed by atoms with van der Waals surface area (Å²) in [5.41, 5.74) is 6.52. The first-order valence-corrected chi connectivity index (χ1v) is 17.3. The Kier molecular flexibility index (Phi) is 11.9. The third-order valence-electron chi connectivity index (χ3n) is 9.02. The van der Waals surface area contributed by atoms with Crippen molar-refractivity contribution in [3.05, 3.63) is 162 Å². The molecule has 0 aliphatic carbocycles. The Morgan fingerprint density at radius 2 is 1.53 bits per heavy atom. The summed E-state index contributed by atoms with van der Waals surface area (Å²) in [6.45, 7) is 7.91. The first-order chi connectivity index (χ1) is 24.9. The summed E-state index contributed by atoms with van der Waals surface area (Å²) in [6, 6.07) is 40.9. The summed E-state index contributed by atoms with van der Waals surface area (Å²) in [6.07, 6.45) is 1.05. The molecular weight excluding hydrogens is 638 g/mol. The second-order valence-electron chi connectivity index (χ2n) is 12.9. The standard InChI is InChI=1S/C43H45N3O5/c1-4-24-46(3)28-40-30(2)41(33-18-16-31(29-47)17-19-33)51-42(50-40)36-13-9-12-35(26-36)34-11-8-10-32(25-34)27-44-43(48)45-37-20-22-39(23-21-37)49-38-14-6-5-7-15-38/h4-23,25-26,30,40-42,47H,1,24,27-29H2,2-3H3,(H2,44,45,48)/t30-,40+,41+,42+/m0/s1. The zero-order chi connectivity index (χ0) is 35.6. The van der Waals surface area contributed by atoms with Gasteiger partial charge in [-0.25, -0.2) is 4.79 Å². The first-order valence-electron chi connectivity index (χ1n) is 17.3. The van der Waals surface area contributed by atoms with Crippen LogP contribution in [0.25, 0.3) is 11.1 Å². The maximum Gasteiger partial charge on any atom is 0.319 e. The van der Waals surface area contributed by atoms with Crippen LogP contribution in [-0.4, -0.2) is 42.3 Å². The molecule has 0 unspecified atom stereocenters. The molecular formula is C43H45N3O5. The normalized spacial score (nSPS) is 18.6. The number of rotatable bonds is 13. The lowest BCUT2D eigenvalue weighted by atomic mass is 9.90. The number of anilines is 1. The molecule has 0 aromatic heterocycles. The minimum absolute atomic E-state index is 0.000197. The van der Waals surface area contributed by atoms with Crippen molar-refractivity contribution in [2.45, 2.75) is 38.6 Å². The average Bonchev–Trinajstić information content (AvgIpc) is 3.16. The third kappa shape index (κ3) is 9.51. The minimum Gasteiger partial charge on any atom is -0.457 e. The Labute approximate surface area is 300 Å². The molecule has 262 valence electrons. The van der Waals surface area contributed by atoms with Gasteiger partial charge < -0.3 is 34.9 Å². The average molecular weight is 684 g/mol. The van der Waals surface area contributed by atoms with Gasteiger partial charge in [0.25, 0.3) is 0 Å². The van der Waals surface area contributed by atoms with Crippen LogP contribution in [0.5, 0.6) is 11.5 Å². The summed E-state index contributed by atoms with van der Waals surface area (Å²) in [4.78, 5) is 15.0. The molecule has 6 rings (SSSR count). The molecule has 51 heavy (non-hydrogen) atoms. The van der Waals surface area contributed by atoms with Gasteiger partial charge in [-0.15, -0.1) is 6.58 Å². The summed E-state index contributed by atoms with van der Waals surface area (Å²) in [5, 5.41) is 15.4. The number of nitrogens with zero attached hydrogens (tertiary/aromatic N) is 1. The molecule has 2 amide bonds. The van der Waals surface area contributed by atoms with Crippen molar-refractivity contribution in [2.24, 2.45) is 5.92 Å². The Morgan fingerprint density at radius 1 is 0.824 bits per heavy atom. The van der Waals surface area contributed by atoms with Gasteiger partial charge in [0.2, 0.25) is 0 Å². The maximum atomic E-state index is 12.8. The predicted octanol–water partition coefficient (Wildman–Crippen LogP) is 8.87. The van der Waals surface area contributed by atoms with Gasteiger partial charge in [-0.3, -0.25) is 0 Å². The SMILES string of the molecule is C=CCN(C)C[C@H]1O[C@@H](c2cccc(-c3cccc(CNC(=O)Nc4ccc(Oc5ccccc5)cc4)c3)c2)O[C@@H](c2ccc(CO)cc2)[C@H]1C. The second kappa shape index (κ2) is 17.1. The van der Waals surface area contributed by atoms with Crippen LogP contribution in [0.4, 0.5) is 10.5 Å². The molecule has 1 saturated heterocycles. The van der Waals surface area contributed by atoms with Crippen LogP contribution in [0.2, 0.25) is 0 Å². The Morgan fingerprint density at radius 3 is 2.25 bits per heavy atom. The van der Waals surface area contributed by atoms with Crippen molar-refractivity contribution >= 4 is 11.7 Å². The monoisotopic (exact) mass is 683 g/mol. The molecule has 3 N–H and O–H groups in total. The van der Waals surface area contributed by atoms with Gasteiger partial charge in [-0.05, 0) is 83.4 Å². The van der Waals surface area contributed by atoms with Crippen LogP contribution >= 0.6 is 0 Å². The van der Waals surface area contributed by atoms with E-state index in [1.54, 1.807) is 0 Å². The number of likely N-dealkylation sites (N-methyl/N-ethyl adjacent to an activating group) is 1. The molecule has 5 aromatic carbocycles. The number of carbonyl (C=O) groups is 1. The number of amides is 2. The number of urea groups is 1. The van der Waals surface area contributed by atoms with E-state index in [9.17, 15) is 9.90 Å². The molecule has 0 spiro atoms. The molecule has 8 heteroatoms. The fourth-order valence-corrected chi connectivity index (χ4v) is 6.24. The van der Waals surface area contributed by atoms with E-state index in [1.807, 2.05) is 109 Å². The van der Waals surface area contributed by atoms with E-state index in [1.165, 1.54) is 0 Å². The van der Waals surface area contributed by atoms with Gasteiger partial charge in [0, 0.05) is 36.8 Å². The van der Waals surface area contributed by atoms with Crippen LogP contribution in [-0.2, 0) is 22.6 Å². The van der Waals surface area contributed by atoms with Gasteiger partial charge in [-0.1, -0.05) is 91.9 Å². The molecule has 4 atom stereocenters. The first kappa shape index (κ1) is 35.6. The van der Waals surface area contributed by atoms with Gasteiger partial charge in [0.1, 0.15) is 11.5 Å². The molecule has 1 aliphatic rings. The number of para-hydroxylation sites is 1. The number of aliphatic hydroxyl groups excluding tert-OH is 1. The van der Waals surface area contributed by atoms with Crippen LogP contribution in [0.1, 0.15) is 41.6 Å². The van der Waals surface area contributed by atoms with E-state index in [0.29, 0.717) is 18.0 Å². The molecule has 1 heterocycles. The molecule has 0 saturated carbocycles. The predicted molar refractivity (Wildman–Crippen MR) is 201 cm³/mol. The number of hydrogen-bond acceptors (Lipinski definition) is 6.